The van der Waals surface area contributed by atoms with Gasteiger partial charge in [0.2, 0.25) is 0 Å². The summed E-state index contributed by atoms with van der Waals surface area (Å²) in [7, 11) is 0. The molecule has 0 radical (unpaired) electrons. The highest BCUT2D eigenvalue weighted by Gasteiger charge is 2.21. The van der Waals surface area contributed by atoms with Crippen LogP contribution in [0.2, 0.25) is 0 Å². The van der Waals surface area contributed by atoms with E-state index in [1.807, 2.05) is 41.5 Å². The Morgan fingerprint density at radius 2 is 1.65 bits per heavy atom. The van der Waals surface area contributed by atoms with Crippen LogP contribution in [0.15, 0.2) is 4.42 Å². The highest BCUT2D eigenvalue weighted by atomic mass is 16.4. The zero-order valence-electron chi connectivity index (χ0n) is 11.2. The van der Waals surface area contributed by atoms with Gasteiger partial charge in [0.15, 0.2) is 0 Å². The van der Waals surface area contributed by atoms with Crippen LogP contribution in [0.4, 0.5) is 6.01 Å². The zero-order chi connectivity index (χ0) is 13.3. The summed E-state index contributed by atoms with van der Waals surface area (Å²) in [5.74, 6) is -0.404. The summed E-state index contributed by atoms with van der Waals surface area (Å²) in [4.78, 5) is 11.7. The molecule has 0 aromatic carbocycles. The van der Waals surface area contributed by atoms with Gasteiger partial charge in [0.25, 0.3) is 0 Å². The fourth-order valence-electron chi connectivity index (χ4n) is 1.08. The van der Waals surface area contributed by atoms with E-state index in [0.29, 0.717) is 0 Å². The van der Waals surface area contributed by atoms with Crippen molar-refractivity contribution in [1.29, 1.82) is 0 Å². The van der Waals surface area contributed by atoms with Crippen molar-refractivity contribution in [2.45, 2.75) is 52.6 Å². The van der Waals surface area contributed by atoms with Crippen LogP contribution in [0.25, 0.3) is 0 Å². The summed E-state index contributed by atoms with van der Waals surface area (Å²) in [6.45, 7) is 11.5. The average molecular weight is 240 g/mol. The lowest BCUT2D eigenvalue weighted by atomic mass is 10.1. The molecule has 0 saturated carbocycles. The molecule has 0 unspecified atom stereocenters. The van der Waals surface area contributed by atoms with Gasteiger partial charge in [-0.15, -0.1) is 5.10 Å². The van der Waals surface area contributed by atoms with Crippen LogP contribution in [0.1, 0.15) is 52.2 Å². The van der Waals surface area contributed by atoms with Crippen LogP contribution in [0.3, 0.4) is 0 Å². The Morgan fingerprint density at radius 3 is 2.12 bits per heavy atom. The third-order valence-electron chi connectivity index (χ3n) is 1.59. The first-order valence-electron chi connectivity index (χ1n) is 5.51. The molecule has 1 heterocycles. The Hall–Kier alpha value is -1.59. The first kappa shape index (κ1) is 13.5. The fraction of sp³-hybridized carbons (Fsp3) is 0.727. The van der Waals surface area contributed by atoms with Gasteiger partial charge in [0.05, 0.1) is 0 Å². The summed E-state index contributed by atoms with van der Waals surface area (Å²) in [6, 6.07) is 0.247. The number of carbonyl (C=O) groups is 1. The monoisotopic (exact) mass is 240 g/mol. The molecule has 96 valence electrons. The topological polar surface area (TPSA) is 80.0 Å². The number of nitrogens with one attached hydrogen (secondary N) is 2. The van der Waals surface area contributed by atoms with Crippen molar-refractivity contribution < 1.29 is 9.21 Å². The predicted molar refractivity (Wildman–Crippen MR) is 64.9 cm³/mol. The Bertz CT molecular complexity index is 398. The van der Waals surface area contributed by atoms with Crippen LogP contribution in [-0.2, 0) is 0 Å². The maximum atomic E-state index is 11.7. The number of hydrogen-bond acceptors (Lipinski definition) is 5. The van der Waals surface area contributed by atoms with Crippen LogP contribution >= 0.6 is 0 Å². The molecule has 0 atom stereocenters. The first-order valence-corrected chi connectivity index (χ1v) is 5.51. The molecule has 1 aromatic heterocycles. The summed E-state index contributed by atoms with van der Waals surface area (Å²) in [5, 5.41) is 13.2. The van der Waals surface area contributed by atoms with Crippen molar-refractivity contribution in [3.63, 3.8) is 0 Å². The van der Waals surface area contributed by atoms with Crippen LogP contribution in [-0.4, -0.2) is 27.2 Å². The molecule has 1 aromatic rings. The summed E-state index contributed by atoms with van der Waals surface area (Å²) >= 11 is 0. The number of anilines is 1. The molecular weight excluding hydrogens is 220 g/mol. The highest BCUT2D eigenvalue weighted by Crippen LogP contribution is 2.13. The second-order valence-electron chi connectivity index (χ2n) is 5.99. The van der Waals surface area contributed by atoms with Gasteiger partial charge in [-0.25, -0.2) is 0 Å². The molecule has 0 spiro atoms. The maximum absolute atomic E-state index is 11.7. The lowest BCUT2D eigenvalue weighted by molar-refractivity contribution is 0.0884. The van der Waals surface area contributed by atoms with Gasteiger partial charge in [-0.05, 0) is 41.5 Å². The number of carbonyl (C=O) groups excluding carboxylic acids is 1. The number of nitrogens with zero attached hydrogens (tertiary/aromatic N) is 2. The third kappa shape index (κ3) is 4.84. The lowest BCUT2D eigenvalue weighted by Gasteiger charge is -2.19. The minimum absolute atomic E-state index is 0.0355. The minimum Gasteiger partial charge on any atom is -0.399 e. The molecule has 17 heavy (non-hydrogen) atoms. The molecule has 2 N–H and O–H groups in total. The SMILES string of the molecule is CC(C)(C)NC(=O)c1nnc(NC(C)(C)C)o1. The van der Waals surface area contributed by atoms with E-state index in [1.54, 1.807) is 0 Å². The molecule has 0 aliphatic heterocycles. The molecule has 6 heteroatoms. The van der Waals surface area contributed by atoms with Gasteiger partial charge in [-0.3, -0.25) is 4.79 Å². The van der Waals surface area contributed by atoms with Crippen molar-refractivity contribution in [2.24, 2.45) is 0 Å². The first-order chi connectivity index (χ1) is 7.57. The van der Waals surface area contributed by atoms with E-state index >= 15 is 0 Å². The van der Waals surface area contributed by atoms with Gasteiger partial charge in [0.1, 0.15) is 0 Å². The Labute approximate surface area is 101 Å². The van der Waals surface area contributed by atoms with Gasteiger partial charge >= 0.3 is 17.8 Å². The van der Waals surface area contributed by atoms with E-state index in [1.165, 1.54) is 0 Å². The molecule has 0 aliphatic rings. The molecule has 6 nitrogen and oxygen atoms in total. The second-order valence-corrected chi connectivity index (χ2v) is 5.99. The molecule has 0 aliphatic carbocycles. The van der Waals surface area contributed by atoms with Gasteiger partial charge in [0, 0.05) is 11.1 Å². The lowest BCUT2D eigenvalue weighted by Crippen LogP contribution is -2.40. The molecule has 0 fully saturated rings. The van der Waals surface area contributed by atoms with E-state index < -0.39 is 0 Å². The molecule has 1 rings (SSSR count). The fourth-order valence-corrected chi connectivity index (χ4v) is 1.08. The quantitative estimate of drug-likeness (QED) is 0.824. The number of rotatable bonds is 2. The van der Waals surface area contributed by atoms with Gasteiger partial charge < -0.3 is 15.1 Å². The van der Waals surface area contributed by atoms with Crippen molar-refractivity contribution in [2.75, 3.05) is 5.32 Å². The van der Waals surface area contributed by atoms with Crippen LogP contribution in [0.5, 0.6) is 0 Å². The highest BCUT2D eigenvalue weighted by molar-refractivity contribution is 5.90. The van der Waals surface area contributed by atoms with Crippen LogP contribution in [0, 0.1) is 0 Å². The summed E-state index contributed by atoms with van der Waals surface area (Å²) in [6.07, 6.45) is 0. The van der Waals surface area contributed by atoms with Crippen molar-refractivity contribution in [1.82, 2.24) is 15.5 Å². The Morgan fingerprint density at radius 1 is 1.06 bits per heavy atom. The average Bonchev–Trinajstić information content (AvgIpc) is 2.45. The maximum Gasteiger partial charge on any atom is 0.316 e. The van der Waals surface area contributed by atoms with E-state index in [9.17, 15) is 4.79 Å². The molecular formula is C11H20N4O2. The second kappa shape index (κ2) is 4.35. The Balaban J connectivity index is 2.72. The van der Waals surface area contributed by atoms with Crippen LogP contribution < -0.4 is 10.6 Å². The normalized spacial score (nSPS) is 12.4. The van der Waals surface area contributed by atoms with E-state index in [0.717, 1.165) is 0 Å². The van der Waals surface area contributed by atoms with Crippen molar-refractivity contribution >= 4 is 11.9 Å². The number of amides is 1. The summed E-state index contributed by atoms with van der Waals surface area (Å²) < 4.78 is 5.22. The van der Waals surface area contributed by atoms with Crippen molar-refractivity contribution in [3.8, 4) is 0 Å². The number of aromatic nitrogens is 2. The molecule has 0 saturated heterocycles. The molecule has 0 bridgehead atoms. The predicted octanol–water partition coefficient (Wildman–Crippen LogP) is 1.81. The number of hydrogen-bond donors (Lipinski definition) is 2. The third-order valence-corrected chi connectivity index (χ3v) is 1.59. The van der Waals surface area contributed by atoms with Gasteiger partial charge in [-0.1, -0.05) is 5.10 Å². The van der Waals surface area contributed by atoms with Gasteiger partial charge in [-0.2, -0.15) is 0 Å². The standard InChI is InChI=1S/C11H20N4O2/c1-10(2,3)12-7(16)8-14-15-9(17-8)13-11(4,5)6/h1-6H3,(H,12,16)(H,13,15). The smallest absolute Gasteiger partial charge is 0.316 e. The minimum atomic E-state index is -0.369. The zero-order valence-corrected chi connectivity index (χ0v) is 11.2. The summed E-state index contributed by atoms with van der Waals surface area (Å²) in [5.41, 5.74) is -0.520. The Kier molecular flexibility index (Phi) is 3.45. The molecule has 1 amide bonds. The largest absolute Gasteiger partial charge is 0.399 e. The van der Waals surface area contributed by atoms with E-state index in [2.05, 4.69) is 20.8 Å². The van der Waals surface area contributed by atoms with Crippen molar-refractivity contribution in [3.05, 3.63) is 5.89 Å². The van der Waals surface area contributed by atoms with E-state index in [-0.39, 0.29) is 28.9 Å². The van der Waals surface area contributed by atoms with E-state index in [4.69, 9.17) is 4.42 Å².